The second-order valence-electron chi connectivity index (χ2n) is 7.58. The number of hydrogen-bond donors (Lipinski definition) is 2. The summed E-state index contributed by atoms with van der Waals surface area (Å²) in [6, 6.07) is 8.01. The second-order valence-corrected chi connectivity index (χ2v) is 7.58. The highest BCUT2D eigenvalue weighted by atomic mass is 16.5. The third kappa shape index (κ3) is 5.91. The molecule has 0 bridgehead atoms. The van der Waals surface area contributed by atoms with Crippen LogP contribution in [0.15, 0.2) is 28.8 Å². The van der Waals surface area contributed by atoms with E-state index in [-0.39, 0.29) is 12.3 Å². The molecule has 0 aliphatic heterocycles. The fourth-order valence-corrected chi connectivity index (χ4v) is 2.42. The molecule has 2 rings (SSSR count). The van der Waals surface area contributed by atoms with E-state index < -0.39 is 11.4 Å². The number of hydrogen-bond acceptors (Lipinski definition) is 5. The van der Waals surface area contributed by atoms with E-state index in [9.17, 15) is 9.59 Å². The van der Waals surface area contributed by atoms with Gasteiger partial charge in [0.2, 0.25) is 17.6 Å². The molecule has 146 valence electrons. The van der Waals surface area contributed by atoms with E-state index in [1.165, 1.54) is 5.56 Å². The summed E-state index contributed by atoms with van der Waals surface area (Å²) in [6.45, 7) is 7.85. The summed E-state index contributed by atoms with van der Waals surface area (Å²) in [6.07, 6.45) is 0.914. The predicted octanol–water partition coefficient (Wildman–Crippen LogP) is 3.41. The van der Waals surface area contributed by atoms with Gasteiger partial charge < -0.3 is 14.9 Å². The number of rotatable bonds is 9. The van der Waals surface area contributed by atoms with Gasteiger partial charge in [0.25, 0.3) is 0 Å². The Labute approximate surface area is 159 Å². The Morgan fingerprint density at radius 1 is 1.22 bits per heavy atom. The minimum atomic E-state index is -0.878. The van der Waals surface area contributed by atoms with Gasteiger partial charge >= 0.3 is 5.97 Å². The number of aromatic nitrogens is 2. The van der Waals surface area contributed by atoms with Crippen molar-refractivity contribution in [3.63, 3.8) is 0 Å². The van der Waals surface area contributed by atoms with Crippen LogP contribution in [0.2, 0.25) is 0 Å². The molecule has 0 saturated carbocycles. The molecule has 1 heterocycles. The van der Waals surface area contributed by atoms with Gasteiger partial charge in [-0.25, -0.2) is 0 Å². The van der Waals surface area contributed by atoms with Crippen LogP contribution in [0.25, 0.3) is 11.4 Å². The topological polar surface area (TPSA) is 105 Å². The van der Waals surface area contributed by atoms with Crippen molar-refractivity contribution in [1.29, 1.82) is 0 Å². The molecule has 27 heavy (non-hydrogen) atoms. The molecule has 1 aromatic heterocycles. The average molecular weight is 373 g/mol. The van der Waals surface area contributed by atoms with E-state index >= 15 is 0 Å². The van der Waals surface area contributed by atoms with Crippen LogP contribution in [0.3, 0.4) is 0 Å². The zero-order valence-electron chi connectivity index (χ0n) is 16.3. The minimum Gasteiger partial charge on any atom is -0.481 e. The van der Waals surface area contributed by atoms with Gasteiger partial charge in [-0.15, -0.1) is 0 Å². The molecule has 0 aliphatic carbocycles. The van der Waals surface area contributed by atoms with Gasteiger partial charge in [0.05, 0.1) is 5.41 Å². The molecule has 7 heteroatoms. The highest BCUT2D eigenvalue weighted by Crippen LogP contribution is 2.21. The van der Waals surface area contributed by atoms with Crippen molar-refractivity contribution in [3.05, 3.63) is 35.7 Å². The molecular weight excluding hydrogens is 346 g/mol. The van der Waals surface area contributed by atoms with E-state index in [4.69, 9.17) is 9.63 Å². The normalized spacial score (nSPS) is 11.6. The lowest BCUT2D eigenvalue weighted by Gasteiger charge is -2.18. The summed E-state index contributed by atoms with van der Waals surface area (Å²) in [5.41, 5.74) is 1.25. The standard InChI is InChI=1S/C20H27N3O4/c1-13(2)14-5-7-15(8-6-14)18-22-17(27-23-18)10-9-16(24)21-12-11-20(3,4)19(25)26/h5-8,13H,9-12H2,1-4H3,(H,21,24)(H,25,26). The van der Waals surface area contributed by atoms with Crippen molar-refractivity contribution < 1.29 is 19.2 Å². The van der Waals surface area contributed by atoms with Gasteiger partial charge in [-0.2, -0.15) is 4.98 Å². The first kappa shape index (κ1) is 20.6. The first-order valence-electron chi connectivity index (χ1n) is 9.12. The summed E-state index contributed by atoms with van der Waals surface area (Å²) in [4.78, 5) is 27.3. The number of amides is 1. The molecule has 2 N–H and O–H groups in total. The quantitative estimate of drug-likeness (QED) is 0.698. The highest BCUT2D eigenvalue weighted by molar-refractivity contribution is 5.76. The van der Waals surface area contributed by atoms with Crippen LogP contribution < -0.4 is 5.32 Å². The molecule has 0 atom stereocenters. The lowest BCUT2D eigenvalue weighted by atomic mass is 9.90. The van der Waals surface area contributed by atoms with E-state index in [1.807, 2.05) is 24.3 Å². The fourth-order valence-electron chi connectivity index (χ4n) is 2.42. The molecule has 7 nitrogen and oxygen atoms in total. The fraction of sp³-hybridized carbons (Fsp3) is 0.500. The molecule has 2 aromatic rings. The minimum absolute atomic E-state index is 0.169. The largest absolute Gasteiger partial charge is 0.481 e. The Morgan fingerprint density at radius 3 is 2.48 bits per heavy atom. The molecule has 1 aromatic carbocycles. The zero-order chi connectivity index (χ0) is 20.0. The van der Waals surface area contributed by atoms with Crippen molar-refractivity contribution in [3.8, 4) is 11.4 Å². The third-order valence-electron chi connectivity index (χ3n) is 4.52. The Morgan fingerprint density at radius 2 is 1.89 bits per heavy atom. The monoisotopic (exact) mass is 373 g/mol. The second kappa shape index (κ2) is 8.79. The lowest BCUT2D eigenvalue weighted by molar-refractivity contribution is -0.147. The van der Waals surface area contributed by atoms with Crippen LogP contribution in [0.5, 0.6) is 0 Å². The number of aryl methyl sites for hydroxylation is 1. The van der Waals surface area contributed by atoms with E-state index in [0.29, 0.717) is 37.0 Å². The number of carboxylic acids is 1. The van der Waals surface area contributed by atoms with Crippen LogP contribution in [0, 0.1) is 5.41 Å². The number of aliphatic carboxylic acids is 1. The summed E-state index contributed by atoms with van der Waals surface area (Å²) < 4.78 is 5.22. The van der Waals surface area contributed by atoms with Crippen molar-refractivity contribution >= 4 is 11.9 Å². The van der Waals surface area contributed by atoms with Gasteiger partial charge in [-0.05, 0) is 31.7 Å². The van der Waals surface area contributed by atoms with Crippen LogP contribution in [0.1, 0.15) is 57.9 Å². The van der Waals surface area contributed by atoms with Crippen molar-refractivity contribution in [2.24, 2.45) is 5.41 Å². The number of carboxylic acid groups (broad SMARTS) is 1. The molecule has 0 spiro atoms. The van der Waals surface area contributed by atoms with E-state index in [1.54, 1.807) is 13.8 Å². The molecule has 0 fully saturated rings. The van der Waals surface area contributed by atoms with E-state index in [0.717, 1.165) is 5.56 Å². The lowest BCUT2D eigenvalue weighted by Crippen LogP contribution is -2.32. The van der Waals surface area contributed by atoms with Crippen molar-refractivity contribution in [2.45, 2.75) is 52.9 Å². The third-order valence-corrected chi connectivity index (χ3v) is 4.52. The van der Waals surface area contributed by atoms with Gasteiger partial charge in [0, 0.05) is 24.9 Å². The Kier molecular flexibility index (Phi) is 6.71. The summed E-state index contributed by atoms with van der Waals surface area (Å²) in [7, 11) is 0. The Hall–Kier alpha value is -2.70. The van der Waals surface area contributed by atoms with Crippen LogP contribution in [-0.4, -0.2) is 33.7 Å². The number of carbonyl (C=O) groups is 2. The molecule has 0 aliphatic rings. The Bertz CT molecular complexity index is 779. The molecule has 0 unspecified atom stereocenters. The van der Waals surface area contributed by atoms with Crippen LogP contribution >= 0.6 is 0 Å². The molecule has 1 amide bonds. The van der Waals surface area contributed by atoms with Crippen molar-refractivity contribution in [2.75, 3.05) is 6.54 Å². The molecule has 0 saturated heterocycles. The maximum absolute atomic E-state index is 11.9. The Balaban J connectivity index is 1.82. The summed E-state index contributed by atoms with van der Waals surface area (Å²) in [5.74, 6) is 0.316. The van der Waals surface area contributed by atoms with Crippen LogP contribution in [0.4, 0.5) is 0 Å². The van der Waals surface area contributed by atoms with E-state index in [2.05, 4.69) is 29.3 Å². The van der Waals surface area contributed by atoms with Crippen LogP contribution in [-0.2, 0) is 16.0 Å². The maximum Gasteiger partial charge on any atom is 0.309 e. The first-order chi connectivity index (χ1) is 12.7. The SMILES string of the molecule is CC(C)c1ccc(-c2noc(CCC(=O)NCCC(C)(C)C(=O)O)n2)cc1. The number of nitrogens with one attached hydrogen (secondary N) is 1. The summed E-state index contributed by atoms with van der Waals surface area (Å²) >= 11 is 0. The zero-order valence-corrected chi connectivity index (χ0v) is 16.3. The highest BCUT2D eigenvalue weighted by Gasteiger charge is 2.26. The van der Waals surface area contributed by atoms with Crippen molar-refractivity contribution in [1.82, 2.24) is 15.5 Å². The number of carbonyl (C=O) groups excluding carboxylic acids is 1. The van der Waals surface area contributed by atoms with Gasteiger partial charge in [-0.1, -0.05) is 43.3 Å². The maximum atomic E-state index is 11.9. The summed E-state index contributed by atoms with van der Waals surface area (Å²) in [5, 5.41) is 15.8. The van der Waals surface area contributed by atoms with Gasteiger partial charge in [0.1, 0.15) is 0 Å². The predicted molar refractivity (Wildman–Crippen MR) is 101 cm³/mol. The van der Waals surface area contributed by atoms with Gasteiger partial charge in [-0.3, -0.25) is 9.59 Å². The number of nitrogens with zero attached hydrogens (tertiary/aromatic N) is 2. The first-order valence-corrected chi connectivity index (χ1v) is 9.12. The molecular formula is C20H27N3O4. The average Bonchev–Trinajstić information content (AvgIpc) is 3.08. The number of benzene rings is 1. The smallest absolute Gasteiger partial charge is 0.309 e. The molecule has 0 radical (unpaired) electrons. The van der Waals surface area contributed by atoms with Gasteiger partial charge in [0.15, 0.2) is 0 Å².